The number of H-pyrrole nitrogens is 1. The molecule has 2 fully saturated rings. The molecule has 2 aromatic rings. The second-order valence-corrected chi connectivity index (χ2v) is 8.11. The Bertz CT molecular complexity index is 1050. The average molecular weight is 459 g/mol. The summed E-state index contributed by atoms with van der Waals surface area (Å²) < 4.78 is 11.5. The van der Waals surface area contributed by atoms with Gasteiger partial charge in [-0.15, -0.1) is 0 Å². The van der Waals surface area contributed by atoms with Gasteiger partial charge in [-0.1, -0.05) is 11.6 Å². The van der Waals surface area contributed by atoms with Gasteiger partial charge in [-0.2, -0.15) is 10.4 Å². The molecule has 4 heterocycles. The summed E-state index contributed by atoms with van der Waals surface area (Å²) in [6.45, 7) is 2.86. The Morgan fingerprint density at radius 2 is 2.03 bits per heavy atom. The average Bonchev–Trinajstić information content (AvgIpc) is 3.27. The maximum Gasteiger partial charge on any atom is 0.286 e. The second-order valence-electron chi connectivity index (χ2n) is 7.73. The number of pyridine rings is 1. The van der Waals surface area contributed by atoms with Crippen molar-refractivity contribution in [2.45, 2.75) is 31.5 Å². The fraction of sp³-hybridized carbons (Fsp3) is 0.476. The first-order chi connectivity index (χ1) is 15.5. The van der Waals surface area contributed by atoms with Gasteiger partial charge in [0.1, 0.15) is 18.5 Å². The van der Waals surface area contributed by atoms with Crippen molar-refractivity contribution in [3.63, 3.8) is 0 Å². The Morgan fingerprint density at radius 3 is 2.75 bits per heavy atom. The number of aromatic amines is 1. The van der Waals surface area contributed by atoms with Crippen molar-refractivity contribution in [2.75, 3.05) is 37.7 Å². The van der Waals surface area contributed by atoms with Crippen LogP contribution in [0, 0.1) is 11.3 Å². The SMILES string of the molecule is N#Cc1ccc(N2CCN(C(=O)C[C@@H]3CC[C@@H](COc4cn[nH]c(=O)c4Cl)O3)CC2)nc1. The molecule has 0 aliphatic carbocycles. The molecule has 0 bridgehead atoms. The highest BCUT2D eigenvalue weighted by molar-refractivity contribution is 6.31. The number of piperazine rings is 1. The number of carbonyl (C=O) groups is 1. The molecule has 10 nitrogen and oxygen atoms in total. The fourth-order valence-corrected chi connectivity index (χ4v) is 4.00. The highest BCUT2D eigenvalue weighted by Crippen LogP contribution is 2.25. The summed E-state index contributed by atoms with van der Waals surface area (Å²) in [5, 5.41) is 14.8. The van der Waals surface area contributed by atoms with E-state index in [4.69, 9.17) is 26.3 Å². The molecule has 2 aliphatic rings. The molecule has 0 spiro atoms. The molecule has 0 unspecified atom stereocenters. The Labute approximate surface area is 189 Å². The van der Waals surface area contributed by atoms with E-state index < -0.39 is 5.56 Å². The molecular formula is C21H23ClN6O4. The molecule has 4 rings (SSSR count). The van der Waals surface area contributed by atoms with E-state index in [-0.39, 0.29) is 35.5 Å². The first kappa shape index (κ1) is 22.0. The van der Waals surface area contributed by atoms with E-state index in [0.29, 0.717) is 38.2 Å². The van der Waals surface area contributed by atoms with E-state index in [0.717, 1.165) is 18.7 Å². The summed E-state index contributed by atoms with van der Waals surface area (Å²) in [7, 11) is 0. The lowest BCUT2D eigenvalue weighted by molar-refractivity contribution is -0.134. The van der Waals surface area contributed by atoms with Crippen LogP contribution >= 0.6 is 11.6 Å². The number of halogens is 1. The number of nitrogens with zero attached hydrogens (tertiary/aromatic N) is 5. The fourth-order valence-electron chi connectivity index (χ4n) is 3.85. The van der Waals surface area contributed by atoms with E-state index in [2.05, 4.69) is 26.2 Å². The van der Waals surface area contributed by atoms with Gasteiger partial charge in [0.05, 0.1) is 30.4 Å². The molecule has 2 saturated heterocycles. The van der Waals surface area contributed by atoms with Gasteiger partial charge >= 0.3 is 0 Å². The molecule has 0 saturated carbocycles. The van der Waals surface area contributed by atoms with E-state index in [1.807, 2.05) is 11.0 Å². The van der Waals surface area contributed by atoms with Crippen LogP contribution in [0.1, 0.15) is 24.8 Å². The third kappa shape index (κ3) is 5.18. The molecular weight excluding hydrogens is 436 g/mol. The van der Waals surface area contributed by atoms with Crippen LogP contribution in [-0.4, -0.2) is 71.0 Å². The van der Waals surface area contributed by atoms with Gasteiger partial charge in [-0.3, -0.25) is 9.59 Å². The number of amides is 1. The predicted octanol–water partition coefficient (Wildman–Crippen LogP) is 1.36. The van der Waals surface area contributed by atoms with Crippen LogP contribution in [0.2, 0.25) is 5.02 Å². The molecule has 1 N–H and O–H groups in total. The number of carbonyl (C=O) groups excluding carboxylic acids is 1. The van der Waals surface area contributed by atoms with Crippen molar-refractivity contribution < 1.29 is 14.3 Å². The van der Waals surface area contributed by atoms with Crippen molar-refractivity contribution >= 4 is 23.3 Å². The molecule has 2 aliphatic heterocycles. The van der Waals surface area contributed by atoms with Crippen LogP contribution in [0.15, 0.2) is 29.3 Å². The van der Waals surface area contributed by atoms with Crippen molar-refractivity contribution in [1.29, 1.82) is 5.26 Å². The molecule has 1 amide bonds. The lowest BCUT2D eigenvalue weighted by Crippen LogP contribution is -2.49. The van der Waals surface area contributed by atoms with Gasteiger partial charge < -0.3 is 19.3 Å². The molecule has 2 aromatic heterocycles. The topological polar surface area (TPSA) is 124 Å². The van der Waals surface area contributed by atoms with Gasteiger partial charge in [-0.25, -0.2) is 10.1 Å². The van der Waals surface area contributed by atoms with Gasteiger partial charge in [0.2, 0.25) is 5.91 Å². The number of hydrogen-bond acceptors (Lipinski definition) is 8. The third-order valence-electron chi connectivity index (χ3n) is 5.62. The Hall–Kier alpha value is -3.16. The minimum absolute atomic E-state index is 0.0416. The number of rotatable bonds is 6. The second kappa shape index (κ2) is 9.97. The van der Waals surface area contributed by atoms with Gasteiger partial charge in [0, 0.05) is 32.4 Å². The van der Waals surface area contributed by atoms with E-state index in [1.54, 1.807) is 12.3 Å². The number of hydrogen-bond donors (Lipinski definition) is 1. The summed E-state index contributed by atoms with van der Waals surface area (Å²) in [6.07, 6.45) is 4.47. The predicted molar refractivity (Wildman–Crippen MR) is 116 cm³/mol. The molecule has 0 aromatic carbocycles. The number of aromatic nitrogens is 3. The Morgan fingerprint density at radius 1 is 1.25 bits per heavy atom. The van der Waals surface area contributed by atoms with Crippen molar-refractivity contribution in [3.05, 3.63) is 45.5 Å². The normalized spacial score (nSPS) is 20.8. The van der Waals surface area contributed by atoms with E-state index in [1.165, 1.54) is 6.20 Å². The molecule has 2 atom stereocenters. The first-order valence-electron chi connectivity index (χ1n) is 10.4. The maximum absolute atomic E-state index is 12.7. The lowest BCUT2D eigenvalue weighted by Gasteiger charge is -2.35. The van der Waals surface area contributed by atoms with Crippen molar-refractivity contribution in [3.8, 4) is 11.8 Å². The van der Waals surface area contributed by atoms with Crippen LogP contribution < -0.4 is 15.2 Å². The smallest absolute Gasteiger partial charge is 0.286 e. The monoisotopic (exact) mass is 458 g/mol. The van der Waals surface area contributed by atoms with Gasteiger partial charge in [0.15, 0.2) is 10.8 Å². The molecule has 0 radical (unpaired) electrons. The number of anilines is 1. The van der Waals surface area contributed by atoms with Crippen LogP contribution in [0.5, 0.6) is 5.75 Å². The highest BCUT2D eigenvalue weighted by atomic mass is 35.5. The largest absolute Gasteiger partial charge is 0.487 e. The maximum atomic E-state index is 12.7. The van der Waals surface area contributed by atoms with E-state index >= 15 is 0 Å². The zero-order valence-electron chi connectivity index (χ0n) is 17.4. The highest BCUT2D eigenvalue weighted by Gasteiger charge is 2.30. The lowest BCUT2D eigenvalue weighted by atomic mass is 10.1. The summed E-state index contributed by atoms with van der Waals surface area (Å²) in [6, 6.07) is 5.64. The zero-order valence-corrected chi connectivity index (χ0v) is 18.1. The first-order valence-corrected chi connectivity index (χ1v) is 10.8. The standard InChI is InChI=1S/C21H23ClN6O4/c22-20-17(12-25-26-21(20)30)31-13-16-3-2-15(32-16)9-19(29)28-7-5-27(6-8-28)18-4-1-14(10-23)11-24-18/h1,4,11-12,15-16H,2-3,5-9,13H2,(H,26,30)/t15-,16-/m0/s1. The zero-order chi connectivity index (χ0) is 22.5. The van der Waals surface area contributed by atoms with Gasteiger partial charge in [0.25, 0.3) is 5.56 Å². The van der Waals surface area contributed by atoms with E-state index in [9.17, 15) is 9.59 Å². The summed E-state index contributed by atoms with van der Waals surface area (Å²) in [5.74, 6) is 1.10. The van der Waals surface area contributed by atoms with Crippen LogP contribution in [0.4, 0.5) is 5.82 Å². The number of nitrogens with one attached hydrogen (secondary N) is 1. The van der Waals surface area contributed by atoms with Gasteiger partial charge in [-0.05, 0) is 25.0 Å². The summed E-state index contributed by atoms with van der Waals surface area (Å²) in [4.78, 5) is 32.5. The number of nitriles is 1. The Balaban J connectivity index is 1.20. The molecule has 11 heteroatoms. The minimum Gasteiger partial charge on any atom is -0.487 e. The van der Waals surface area contributed by atoms with Crippen LogP contribution in [0.25, 0.3) is 0 Å². The van der Waals surface area contributed by atoms with Crippen LogP contribution in [-0.2, 0) is 9.53 Å². The minimum atomic E-state index is -0.505. The number of ether oxygens (including phenoxy) is 2. The van der Waals surface area contributed by atoms with Crippen molar-refractivity contribution in [1.82, 2.24) is 20.1 Å². The summed E-state index contributed by atoms with van der Waals surface area (Å²) in [5.41, 5.74) is 0.0232. The third-order valence-corrected chi connectivity index (χ3v) is 5.98. The Kier molecular flexibility index (Phi) is 6.87. The summed E-state index contributed by atoms with van der Waals surface area (Å²) >= 11 is 5.91. The van der Waals surface area contributed by atoms with Crippen molar-refractivity contribution in [2.24, 2.45) is 0 Å². The quantitative estimate of drug-likeness (QED) is 0.687. The van der Waals surface area contributed by atoms with Crippen LogP contribution in [0.3, 0.4) is 0 Å². The molecule has 32 heavy (non-hydrogen) atoms. The molecule has 168 valence electrons.